The molecule has 0 heterocycles. The van der Waals surface area contributed by atoms with E-state index in [1.165, 1.54) is 0 Å². The molecule has 0 aliphatic heterocycles. The van der Waals surface area contributed by atoms with E-state index in [0.717, 1.165) is 28.0 Å². The summed E-state index contributed by atoms with van der Waals surface area (Å²) in [7, 11) is 1.63. The van der Waals surface area contributed by atoms with E-state index >= 15 is 0 Å². The van der Waals surface area contributed by atoms with Crippen molar-refractivity contribution in [1.82, 2.24) is 0 Å². The van der Waals surface area contributed by atoms with Crippen molar-refractivity contribution in [2.45, 2.75) is 25.2 Å². The van der Waals surface area contributed by atoms with E-state index in [4.69, 9.17) is 4.74 Å². The number of hydrogen-bond acceptors (Lipinski definition) is 4. The quantitative estimate of drug-likeness (QED) is 0.324. The second-order valence-corrected chi connectivity index (χ2v) is 7.01. The minimum absolute atomic E-state index is 0.180. The van der Waals surface area contributed by atoms with Gasteiger partial charge < -0.3 is 9.94 Å². The normalized spacial score (nSPS) is 13.3. The van der Waals surface area contributed by atoms with Crippen LogP contribution in [0.5, 0.6) is 5.75 Å². The van der Waals surface area contributed by atoms with Gasteiger partial charge in [0.1, 0.15) is 5.75 Å². The van der Waals surface area contributed by atoms with Crippen LogP contribution < -0.4 is 4.74 Å². The first-order valence-electron chi connectivity index (χ1n) is 9.52. The molecule has 0 spiro atoms. The minimum Gasteiger partial charge on any atom is -0.497 e. The molecule has 2 atom stereocenters. The molecule has 4 heteroatoms. The van der Waals surface area contributed by atoms with Crippen LogP contribution in [0.2, 0.25) is 0 Å². The van der Waals surface area contributed by atoms with Gasteiger partial charge in [-0.2, -0.15) is 5.26 Å². The van der Waals surface area contributed by atoms with Crippen LogP contribution in [0.4, 0.5) is 0 Å². The van der Waals surface area contributed by atoms with E-state index in [9.17, 15) is 10.5 Å². The molecular formula is C25H24N2O2. The molecule has 0 saturated heterocycles. The monoisotopic (exact) mass is 384 g/mol. The summed E-state index contributed by atoms with van der Waals surface area (Å²) in [5, 5.41) is 23.3. The summed E-state index contributed by atoms with van der Waals surface area (Å²) >= 11 is 0. The average Bonchev–Trinajstić information content (AvgIpc) is 2.78. The van der Waals surface area contributed by atoms with Crippen LogP contribution in [0.1, 0.15) is 40.5 Å². The molecule has 4 nitrogen and oxygen atoms in total. The number of benzene rings is 3. The van der Waals surface area contributed by atoms with Gasteiger partial charge in [-0.3, -0.25) is 0 Å². The van der Waals surface area contributed by atoms with Crippen LogP contribution >= 0.6 is 0 Å². The van der Waals surface area contributed by atoms with E-state index in [-0.39, 0.29) is 11.8 Å². The number of nitrogens with zero attached hydrogens (tertiary/aromatic N) is 2. The second kappa shape index (κ2) is 9.57. The predicted molar refractivity (Wildman–Crippen MR) is 115 cm³/mol. The standard InChI is InChI=1S/C25H24N2O2/c1-18-8-10-21(11-9-18)25(27-28)16-23(20-12-14-22(29-2)15-13-20)24(17-26)19-6-4-3-5-7-19/h3-15,23-24,28H,16H2,1-2H3/b27-25-. The molecule has 3 aromatic carbocycles. The van der Waals surface area contributed by atoms with Gasteiger partial charge in [0.05, 0.1) is 24.8 Å². The van der Waals surface area contributed by atoms with Gasteiger partial charge in [0.15, 0.2) is 0 Å². The number of methoxy groups -OCH3 is 1. The highest BCUT2D eigenvalue weighted by atomic mass is 16.5. The number of nitriles is 1. The molecule has 0 amide bonds. The molecule has 3 rings (SSSR count). The average molecular weight is 384 g/mol. The molecule has 0 aliphatic carbocycles. The Kier molecular flexibility index (Phi) is 6.65. The van der Waals surface area contributed by atoms with Crippen LogP contribution in [-0.2, 0) is 0 Å². The van der Waals surface area contributed by atoms with Gasteiger partial charge in [0.25, 0.3) is 0 Å². The van der Waals surface area contributed by atoms with E-state index in [2.05, 4.69) is 11.2 Å². The summed E-state index contributed by atoms with van der Waals surface area (Å²) < 4.78 is 5.27. The lowest BCUT2D eigenvalue weighted by Gasteiger charge is -2.24. The predicted octanol–water partition coefficient (Wildman–Crippen LogP) is 5.66. The lowest BCUT2D eigenvalue weighted by molar-refractivity contribution is 0.317. The first kappa shape index (κ1) is 20.2. The largest absolute Gasteiger partial charge is 0.497 e. The third-order valence-electron chi connectivity index (χ3n) is 5.16. The van der Waals surface area contributed by atoms with Gasteiger partial charge in [-0.05, 0) is 35.7 Å². The van der Waals surface area contributed by atoms with E-state index in [0.29, 0.717) is 12.1 Å². The number of aryl methyl sites for hydroxylation is 1. The molecule has 0 saturated carbocycles. The molecule has 1 N–H and O–H groups in total. The molecule has 0 bridgehead atoms. The second-order valence-electron chi connectivity index (χ2n) is 7.01. The van der Waals surface area contributed by atoms with Crippen molar-refractivity contribution in [2.75, 3.05) is 7.11 Å². The van der Waals surface area contributed by atoms with Crippen molar-refractivity contribution >= 4 is 5.71 Å². The number of rotatable bonds is 7. The maximum atomic E-state index is 10.0. The summed E-state index contributed by atoms with van der Waals surface area (Å²) in [5.41, 5.74) is 4.48. The molecule has 2 unspecified atom stereocenters. The van der Waals surface area contributed by atoms with Crippen LogP contribution in [0.25, 0.3) is 0 Å². The highest BCUT2D eigenvalue weighted by Gasteiger charge is 2.27. The van der Waals surface area contributed by atoms with Gasteiger partial charge in [0.2, 0.25) is 0 Å². The van der Waals surface area contributed by atoms with Gasteiger partial charge in [-0.25, -0.2) is 0 Å². The maximum Gasteiger partial charge on any atom is 0.118 e. The maximum absolute atomic E-state index is 10.0. The van der Waals surface area contributed by atoms with Crippen LogP contribution in [0, 0.1) is 18.3 Å². The van der Waals surface area contributed by atoms with E-state index < -0.39 is 0 Å². The molecule has 0 fully saturated rings. The Balaban J connectivity index is 2.01. The summed E-state index contributed by atoms with van der Waals surface area (Å²) in [4.78, 5) is 0. The number of ether oxygens (including phenoxy) is 1. The highest BCUT2D eigenvalue weighted by molar-refractivity contribution is 6.00. The number of hydrogen-bond donors (Lipinski definition) is 1. The lowest BCUT2D eigenvalue weighted by Crippen LogP contribution is -2.16. The van der Waals surface area contributed by atoms with Crippen LogP contribution in [0.15, 0.2) is 84.0 Å². The fraction of sp³-hybridized carbons (Fsp3) is 0.200. The van der Waals surface area contributed by atoms with Crippen molar-refractivity contribution in [3.63, 3.8) is 0 Å². The molecule has 29 heavy (non-hydrogen) atoms. The molecule has 3 aromatic rings. The van der Waals surface area contributed by atoms with E-state index in [1.54, 1.807) is 7.11 Å². The lowest BCUT2D eigenvalue weighted by atomic mass is 9.78. The Morgan fingerprint density at radius 3 is 2.17 bits per heavy atom. The summed E-state index contributed by atoms with van der Waals surface area (Å²) in [6, 6.07) is 27.8. The first-order valence-corrected chi connectivity index (χ1v) is 9.52. The summed E-state index contributed by atoms with van der Waals surface area (Å²) in [6.07, 6.45) is 0.430. The zero-order valence-corrected chi connectivity index (χ0v) is 16.6. The van der Waals surface area contributed by atoms with Crippen molar-refractivity contribution in [2.24, 2.45) is 5.16 Å². The van der Waals surface area contributed by atoms with Crippen LogP contribution in [-0.4, -0.2) is 18.0 Å². The molecular weight excluding hydrogens is 360 g/mol. The third kappa shape index (κ3) is 4.83. The van der Waals surface area contributed by atoms with Gasteiger partial charge in [-0.1, -0.05) is 77.4 Å². The Bertz CT molecular complexity index is 988. The minimum atomic E-state index is -0.383. The van der Waals surface area contributed by atoms with Gasteiger partial charge in [-0.15, -0.1) is 0 Å². The Hall–Kier alpha value is -3.58. The van der Waals surface area contributed by atoms with Crippen LogP contribution in [0.3, 0.4) is 0 Å². The Morgan fingerprint density at radius 1 is 0.966 bits per heavy atom. The Labute approximate surface area is 171 Å². The van der Waals surface area contributed by atoms with Crippen molar-refractivity contribution in [1.29, 1.82) is 5.26 Å². The first-order chi connectivity index (χ1) is 14.2. The smallest absolute Gasteiger partial charge is 0.118 e. The molecule has 0 aliphatic rings. The topological polar surface area (TPSA) is 65.6 Å². The fourth-order valence-corrected chi connectivity index (χ4v) is 3.51. The zero-order chi connectivity index (χ0) is 20.6. The zero-order valence-electron chi connectivity index (χ0n) is 16.6. The highest BCUT2D eigenvalue weighted by Crippen LogP contribution is 2.37. The summed E-state index contributed by atoms with van der Waals surface area (Å²) in [6.45, 7) is 2.01. The Morgan fingerprint density at radius 2 is 1.62 bits per heavy atom. The molecule has 0 aromatic heterocycles. The molecule has 0 radical (unpaired) electrons. The van der Waals surface area contributed by atoms with E-state index in [1.807, 2.05) is 85.8 Å². The summed E-state index contributed by atoms with van der Waals surface area (Å²) in [5.74, 6) is 0.197. The van der Waals surface area contributed by atoms with Gasteiger partial charge >= 0.3 is 0 Å². The van der Waals surface area contributed by atoms with Crippen molar-refractivity contribution < 1.29 is 9.94 Å². The molecule has 146 valence electrons. The SMILES string of the molecule is COc1ccc(C(C/C(=N/O)c2ccc(C)cc2)C(C#N)c2ccccc2)cc1. The number of oxime groups is 1. The fourth-order valence-electron chi connectivity index (χ4n) is 3.51. The third-order valence-corrected chi connectivity index (χ3v) is 5.16. The van der Waals surface area contributed by atoms with Crippen molar-refractivity contribution in [3.05, 3.63) is 101 Å². The van der Waals surface area contributed by atoms with Crippen molar-refractivity contribution in [3.8, 4) is 11.8 Å². The van der Waals surface area contributed by atoms with Gasteiger partial charge in [0, 0.05) is 12.3 Å².